The average molecular weight is 374 g/mol. The Morgan fingerprint density at radius 1 is 1.30 bits per heavy atom. The molecule has 27 heavy (non-hydrogen) atoms. The number of hydrogen-bond acceptors (Lipinski definition) is 5. The Labute approximate surface area is 161 Å². The van der Waals surface area contributed by atoms with Gasteiger partial charge in [0, 0.05) is 18.4 Å². The summed E-state index contributed by atoms with van der Waals surface area (Å²) in [5.41, 5.74) is 2.54. The van der Waals surface area contributed by atoms with E-state index in [1.165, 1.54) is 12.5 Å². The summed E-state index contributed by atoms with van der Waals surface area (Å²) in [5.74, 6) is -0.999. The van der Waals surface area contributed by atoms with E-state index >= 15 is 0 Å². The smallest absolute Gasteiger partial charge is 0.334 e. The first-order valence-electron chi connectivity index (χ1n) is 9.78. The van der Waals surface area contributed by atoms with Crippen LogP contribution in [-0.4, -0.2) is 35.9 Å². The van der Waals surface area contributed by atoms with Crippen molar-refractivity contribution < 1.29 is 23.8 Å². The Morgan fingerprint density at radius 2 is 2.04 bits per heavy atom. The van der Waals surface area contributed by atoms with Crippen LogP contribution in [0.4, 0.5) is 0 Å². The fraction of sp³-hybridized carbons (Fsp3) is 0.636. The molecule has 5 atom stereocenters. The lowest BCUT2D eigenvalue weighted by Crippen LogP contribution is -2.37. The fourth-order valence-electron chi connectivity index (χ4n) is 4.17. The van der Waals surface area contributed by atoms with Crippen LogP contribution in [0.5, 0.6) is 0 Å². The van der Waals surface area contributed by atoms with Crippen LogP contribution < -0.4 is 0 Å². The number of ether oxygens (including phenoxy) is 3. The second-order valence-electron chi connectivity index (χ2n) is 8.26. The van der Waals surface area contributed by atoms with Crippen LogP contribution in [0.2, 0.25) is 0 Å². The van der Waals surface area contributed by atoms with E-state index in [-0.39, 0.29) is 23.6 Å². The fourth-order valence-corrected chi connectivity index (χ4v) is 4.17. The van der Waals surface area contributed by atoms with Gasteiger partial charge in [-0.15, -0.1) is 0 Å². The third-order valence-corrected chi connectivity index (χ3v) is 6.03. The number of esters is 2. The van der Waals surface area contributed by atoms with E-state index in [1.54, 1.807) is 0 Å². The predicted molar refractivity (Wildman–Crippen MR) is 102 cm³/mol. The maximum atomic E-state index is 12.2. The number of carbonyl (C=O) groups is 2. The summed E-state index contributed by atoms with van der Waals surface area (Å²) in [4.78, 5) is 23.9. The third-order valence-electron chi connectivity index (χ3n) is 6.03. The van der Waals surface area contributed by atoms with Crippen LogP contribution in [0.3, 0.4) is 0 Å². The zero-order valence-electron chi connectivity index (χ0n) is 16.7. The molecule has 1 aliphatic carbocycles. The minimum atomic E-state index is -0.590. The predicted octanol–water partition coefficient (Wildman–Crippen LogP) is 4.03. The molecule has 2 aliphatic heterocycles. The first-order valence-corrected chi connectivity index (χ1v) is 9.78. The number of epoxide rings is 1. The van der Waals surface area contributed by atoms with Gasteiger partial charge in [0.1, 0.15) is 6.10 Å². The van der Waals surface area contributed by atoms with Crippen molar-refractivity contribution in [3.8, 4) is 0 Å². The lowest BCUT2D eigenvalue weighted by atomic mass is 9.84. The molecular weight excluding hydrogens is 344 g/mol. The van der Waals surface area contributed by atoms with Crippen molar-refractivity contribution in [2.45, 2.75) is 83.7 Å². The maximum absolute atomic E-state index is 12.2. The summed E-state index contributed by atoms with van der Waals surface area (Å²) in [5, 5.41) is 0. The SMILES string of the molecule is C=C1C(=O)O[C@H]2C1C[C@H]1O[C@@]1(C)CC/C=C(\C)CC/C=C(\C)[C@@H]2OC(C)=O. The normalized spacial score (nSPS) is 41.0. The molecule has 148 valence electrons. The molecule has 0 spiro atoms. The average Bonchev–Trinajstić information content (AvgIpc) is 3.14. The highest BCUT2D eigenvalue weighted by Gasteiger charge is 2.55. The molecule has 2 heterocycles. The molecule has 2 fully saturated rings. The van der Waals surface area contributed by atoms with Crippen molar-refractivity contribution in [3.05, 3.63) is 35.5 Å². The summed E-state index contributed by atoms with van der Waals surface area (Å²) in [6.45, 7) is 11.5. The summed E-state index contributed by atoms with van der Waals surface area (Å²) in [7, 11) is 0. The van der Waals surface area contributed by atoms with Crippen LogP contribution in [0.25, 0.3) is 0 Å². The first-order chi connectivity index (χ1) is 12.7. The highest BCUT2D eigenvalue weighted by atomic mass is 16.6. The van der Waals surface area contributed by atoms with E-state index in [1.807, 2.05) is 6.92 Å². The van der Waals surface area contributed by atoms with E-state index in [9.17, 15) is 9.59 Å². The Hall–Kier alpha value is -1.88. The second kappa shape index (κ2) is 7.63. The van der Waals surface area contributed by atoms with Gasteiger partial charge in [-0.3, -0.25) is 4.79 Å². The van der Waals surface area contributed by atoms with Crippen molar-refractivity contribution in [1.29, 1.82) is 0 Å². The molecule has 0 N–H and O–H groups in total. The van der Waals surface area contributed by atoms with Crippen LogP contribution in [-0.2, 0) is 23.8 Å². The van der Waals surface area contributed by atoms with E-state index in [2.05, 4.69) is 32.6 Å². The van der Waals surface area contributed by atoms with Crippen molar-refractivity contribution in [2.75, 3.05) is 0 Å². The Morgan fingerprint density at radius 3 is 2.74 bits per heavy atom. The molecular formula is C22H30O5. The minimum absolute atomic E-state index is 0.0650. The number of fused-ring (bicyclic) bond motifs is 2. The molecule has 3 rings (SSSR count). The van der Waals surface area contributed by atoms with E-state index < -0.39 is 18.2 Å². The van der Waals surface area contributed by atoms with Gasteiger partial charge in [-0.2, -0.15) is 0 Å². The van der Waals surface area contributed by atoms with Crippen LogP contribution in [0, 0.1) is 5.92 Å². The van der Waals surface area contributed by atoms with E-state index in [4.69, 9.17) is 14.2 Å². The Balaban J connectivity index is 1.92. The number of rotatable bonds is 1. The summed E-state index contributed by atoms with van der Waals surface area (Å²) in [6.07, 6.45) is 7.70. The molecule has 0 aromatic heterocycles. The van der Waals surface area contributed by atoms with Crippen LogP contribution in [0.15, 0.2) is 35.5 Å². The topological polar surface area (TPSA) is 65.1 Å². The summed E-state index contributed by atoms with van der Waals surface area (Å²) >= 11 is 0. The standard InChI is InChI=1S/C22H30O5/c1-13-8-6-10-14(2)19(25-16(4)23)20-17(15(3)21(24)26-20)12-18-22(5,27-18)11-7-9-13/h9-10,17-20H,3,6-8,11-12H2,1-2,4-5H3/b13-9+,14-10+/t17?,18-,19+,20+,22+/m1/s1. The Bertz CT molecular complexity index is 703. The largest absolute Gasteiger partial charge is 0.454 e. The molecule has 0 amide bonds. The van der Waals surface area contributed by atoms with Gasteiger partial charge >= 0.3 is 11.9 Å². The summed E-state index contributed by atoms with van der Waals surface area (Å²) < 4.78 is 17.2. The van der Waals surface area contributed by atoms with E-state index in [0.29, 0.717) is 12.0 Å². The molecule has 2 saturated heterocycles. The van der Waals surface area contributed by atoms with Crippen molar-refractivity contribution in [1.82, 2.24) is 0 Å². The molecule has 5 heteroatoms. The number of hydrogen-bond donors (Lipinski definition) is 0. The molecule has 0 aromatic rings. The molecule has 3 aliphatic rings. The number of carbonyl (C=O) groups excluding carboxylic acids is 2. The van der Waals surface area contributed by atoms with Gasteiger partial charge in [0.15, 0.2) is 6.10 Å². The van der Waals surface area contributed by atoms with Crippen molar-refractivity contribution in [3.63, 3.8) is 0 Å². The monoisotopic (exact) mass is 374 g/mol. The molecule has 1 unspecified atom stereocenters. The molecule has 0 aromatic carbocycles. The molecule has 0 radical (unpaired) electrons. The molecule has 0 saturated carbocycles. The molecule has 5 nitrogen and oxygen atoms in total. The molecule has 0 bridgehead atoms. The van der Waals surface area contributed by atoms with Gasteiger partial charge in [-0.1, -0.05) is 24.3 Å². The lowest BCUT2D eigenvalue weighted by molar-refractivity contribution is -0.157. The van der Waals surface area contributed by atoms with Gasteiger partial charge in [-0.05, 0) is 58.4 Å². The lowest BCUT2D eigenvalue weighted by Gasteiger charge is -2.27. The van der Waals surface area contributed by atoms with Gasteiger partial charge in [0.2, 0.25) is 0 Å². The van der Waals surface area contributed by atoms with Crippen LogP contribution >= 0.6 is 0 Å². The van der Waals surface area contributed by atoms with Crippen molar-refractivity contribution in [2.24, 2.45) is 5.92 Å². The first kappa shape index (κ1) is 19.9. The zero-order valence-corrected chi connectivity index (χ0v) is 16.7. The van der Waals surface area contributed by atoms with Gasteiger partial charge in [0.25, 0.3) is 0 Å². The quantitative estimate of drug-likeness (QED) is 0.300. The van der Waals surface area contributed by atoms with Crippen LogP contribution in [0.1, 0.15) is 59.8 Å². The Kier molecular flexibility index (Phi) is 5.61. The third kappa shape index (κ3) is 4.34. The van der Waals surface area contributed by atoms with E-state index in [0.717, 1.165) is 31.3 Å². The number of allylic oxidation sites excluding steroid dienone is 3. The van der Waals surface area contributed by atoms with Crippen molar-refractivity contribution >= 4 is 11.9 Å². The second-order valence-corrected chi connectivity index (χ2v) is 8.26. The van der Waals surface area contributed by atoms with Gasteiger partial charge in [0.05, 0.1) is 11.7 Å². The highest BCUT2D eigenvalue weighted by molar-refractivity contribution is 5.91. The zero-order chi connectivity index (χ0) is 19.8. The maximum Gasteiger partial charge on any atom is 0.334 e. The van der Waals surface area contributed by atoms with Gasteiger partial charge in [-0.25, -0.2) is 4.79 Å². The minimum Gasteiger partial charge on any atom is -0.454 e. The highest BCUT2D eigenvalue weighted by Crippen LogP contribution is 2.47. The van der Waals surface area contributed by atoms with Gasteiger partial charge < -0.3 is 14.2 Å². The summed E-state index contributed by atoms with van der Waals surface area (Å²) in [6, 6.07) is 0.